The van der Waals surface area contributed by atoms with Gasteiger partial charge < -0.3 is 9.80 Å². The highest BCUT2D eigenvalue weighted by molar-refractivity contribution is 5.94. The highest BCUT2D eigenvalue weighted by atomic mass is 16.2. The maximum absolute atomic E-state index is 13.0. The fourth-order valence-corrected chi connectivity index (χ4v) is 4.88. The van der Waals surface area contributed by atoms with Gasteiger partial charge in [-0.25, -0.2) is 0 Å². The Bertz CT molecular complexity index is 1140. The van der Waals surface area contributed by atoms with Crippen molar-refractivity contribution in [2.24, 2.45) is 0 Å². The number of anilines is 1. The third-order valence-corrected chi connectivity index (χ3v) is 6.87. The van der Waals surface area contributed by atoms with Crippen LogP contribution in [0.2, 0.25) is 0 Å². The van der Waals surface area contributed by atoms with Crippen LogP contribution in [0.3, 0.4) is 0 Å². The zero-order chi connectivity index (χ0) is 25.2. The molecule has 3 aromatic rings. The Morgan fingerprint density at radius 3 is 1.94 bits per heavy atom. The molecular formula is C31H36N4O. The standard InChI is InChI=1S/C29H30N4O.C2H6/c34-29(26-10-8-25(9-11-26)7-6-24-4-2-1-3-5-24)33-18-14-28(15-19-33)32-22-20-31(21-23-32)27-12-16-30-17-13-27;1-2/h1-5,8-13,16-17,28H,14-15,18-23H2;1-2H3. The molecule has 0 spiro atoms. The number of aromatic nitrogens is 1. The van der Waals surface area contributed by atoms with Gasteiger partial charge in [0, 0.05) is 80.1 Å². The smallest absolute Gasteiger partial charge is 0.253 e. The number of likely N-dealkylation sites (tertiary alicyclic amines) is 1. The van der Waals surface area contributed by atoms with E-state index in [0.29, 0.717) is 6.04 Å². The van der Waals surface area contributed by atoms with Crippen molar-refractivity contribution in [3.8, 4) is 11.8 Å². The molecule has 0 unspecified atom stereocenters. The van der Waals surface area contributed by atoms with E-state index in [4.69, 9.17) is 0 Å². The van der Waals surface area contributed by atoms with Crippen molar-refractivity contribution in [1.29, 1.82) is 0 Å². The second-order valence-corrected chi connectivity index (χ2v) is 8.95. The number of hydrogen-bond donors (Lipinski definition) is 0. The lowest BCUT2D eigenvalue weighted by Crippen LogP contribution is -2.53. The maximum Gasteiger partial charge on any atom is 0.253 e. The molecule has 186 valence electrons. The van der Waals surface area contributed by atoms with Gasteiger partial charge in [0.25, 0.3) is 5.91 Å². The van der Waals surface area contributed by atoms with Gasteiger partial charge in [0.15, 0.2) is 0 Å². The fraction of sp³-hybridized carbons (Fsp3) is 0.355. The average molecular weight is 481 g/mol. The summed E-state index contributed by atoms with van der Waals surface area (Å²) in [7, 11) is 0. The Morgan fingerprint density at radius 2 is 1.33 bits per heavy atom. The molecule has 0 atom stereocenters. The SMILES string of the molecule is CC.O=C(c1ccc(C#Cc2ccccc2)cc1)N1CCC(N2CCN(c3ccncc3)CC2)CC1. The summed E-state index contributed by atoms with van der Waals surface area (Å²) in [5.41, 5.74) is 3.91. The molecule has 36 heavy (non-hydrogen) atoms. The second-order valence-electron chi connectivity index (χ2n) is 8.95. The molecule has 2 saturated heterocycles. The van der Waals surface area contributed by atoms with Crippen LogP contribution in [0, 0.1) is 11.8 Å². The Balaban J connectivity index is 0.00000148. The van der Waals surface area contributed by atoms with Crippen molar-refractivity contribution in [1.82, 2.24) is 14.8 Å². The normalized spacial score (nSPS) is 16.4. The van der Waals surface area contributed by atoms with E-state index in [9.17, 15) is 4.79 Å². The zero-order valence-corrected chi connectivity index (χ0v) is 21.4. The van der Waals surface area contributed by atoms with Gasteiger partial charge in [-0.1, -0.05) is 43.9 Å². The molecule has 2 aliphatic rings. The van der Waals surface area contributed by atoms with E-state index in [1.165, 1.54) is 5.69 Å². The summed E-state index contributed by atoms with van der Waals surface area (Å²) in [6.07, 6.45) is 5.81. The first-order chi connectivity index (χ1) is 17.8. The van der Waals surface area contributed by atoms with E-state index in [0.717, 1.165) is 68.8 Å². The van der Waals surface area contributed by atoms with Gasteiger partial charge >= 0.3 is 0 Å². The average Bonchev–Trinajstić information content (AvgIpc) is 2.98. The minimum absolute atomic E-state index is 0.128. The predicted octanol–water partition coefficient (Wildman–Crippen LogP) is 4.93. The molecule has 2 fully saturated rings. The maximum atomic E-state index is 13.0. The summed E-state index contributed by atoms with van der Waals surface area (Å²) < 4.78 is 0. The Labute approximate surface area is 215 Å². The monoisotopic (exact) mass is 480 g/mol. The van der Waals surface area contributed by atoms with Crippen molar-refractivity contribution in [2.75, 3.05) is 44.2 Å². The first kappa shape index (κ1) is 25.5. The summed E-state index contributed by atoms with van der Waals surface area (Å²) in [5, 5.41) is 0. The molecule has 5 nitrogen and oxygen atoms in total. The highest BCUT2D eigenvalue weighted by Crippen LogP contribution is 2.22. The van der Waals surface area contributed by atoms with Gasteiger partial charge in [-0.15, -0.1) is 0 Å². The van der Waals surface area contributed by atoms with Crippen LogP contribution in [0.25, 0.3) is 0 Å². The van der Waals surface area contributed by atoms with E-state index >= 15 is 0 Å². The molecule has 3 heterocycles. The topological polar surface area (TPSA) is 39.7 Å². The second kappa shape index (κ2) is 12.9. The number of hydrogen-bond acceptors (Lipinski definition) is 4. The Morgan fingerprint density at radius 1 is 0.750 bits per heavy atom. The minimum atomic E-state index is 0.128. The summed E-state index contributed by atoms with van der Waals surface area (Å²) in [4.78, 5) is 24.2. The number of benzene rings is 2. The van der Waals surface area contributed by atoms with Crippen LogP contribution in [-0.4, -0.2) is 66.0 Å². The van der Waals surface area contributed by atoms with E-state index in [1.807, 2.05) is 85.7 Å². The number of carbonyl (C=O) groups excluding carboxylic acids is 1. The molecular weight excluding hydrogens is 444 g/mol. The van der Waals surface area contributed by atoms with Crippen LogP contribution >= 0.6 is 0 Å². The van der Waals surface area contributed by atoms with Crippen molar-refractivity contribution >= 4 is 11.6 Å². The van der Waals surface area contributed by atoms with Crippen LogP contribution in [0.5, 0.6) is 0 Å². The third kappa shape index (κ3) is 6.53. The summed E-state index contributed by atoms with van der Waals surface area (Å²) in [6.45, 7) is 9.89. The molecule has 5 heteroatoms. The number of pyridine rings is 1. The molecule has 1 aromatic heterocycles. The first-order valence-electron chi connectivity index (χ1n) is 13.1. The van der Waals surface area contributed by atoms with Gasteiger partial charge in [-0.05, 0) is 61.4 Å². The first-order valence-corrected chi connectivity index (χ1v) is 13.1. The number of amides is 1. The Kier molecular flexibility index (Phi) is 9.13. The van der Waals surface area contributed by atoms with E-state index in [2.05, 4.69) is 38.8 Å². The number of rotatable bonds is 3. The molecule has 2 aromatic carbocycles. The lowest BCUT2D eigenvalue weighted by atomic mass is 10.0. The molecule has 2 aliphatic heterocycles. The van der Waals surface area contributed by atoms with Crippen molar-refractivity contribution in [3.05, 3.63) is 95.8 Å². The number of piperazine rings is 1. The zero-order valence-electron chi connectivity index (χ0n) is 21.4. The Hall–Kier alpha value is -3.62. The molecule has 0 N–H and O–H groups in total. The third-order valence-electron chi connectivity index (χ3n) is 6.87. The summed E-state index contributed by atoms with van der Waals surface area (Å²) in [5.74, 6) is 6.47. The molecule has 0 aliphatic carbocycles. The molecule has 0 bridgehead atoms. The summed E-state index contributed by atoms with van der Waals surface area (Å²) >= 11 is 0. The van der Waals surface area contributed by atoms with Crippen LogP contribution < -0.4 is 4.90 Å². The molecule has 5 rings (SSSR count). The quantitative estimate of drug-likeness (QED) is 0.498. The molecule has 0 radical (unpaired) electrons. The van der Waals surface area contributed by atoms with Gasteiger partial charge in [-0.3, -0.25) is 14.7 Å². The number of carbonyl (C=O) groups is 1. The van der Waals surface area contributed by atoms with Crippen LogP contribution in [0.4, 0.5) is 5.69 Å². The van der Waals surface area contributed by atoms with Gasteiger partial charge in [0.1, 0.15) is 0 Å². The van der Waals surface area contributed by atoms with Gasteiger partial charge in [0.05, 0.1) is 0 Å². The highest BCUT2D eigenvalue weighted by Gasteiger charge is 2.29. The van der Waals surface area contributed by atoms with E-state index < -0.39 is 0 Å². The van der Waals surface area contributed by atoms with Gasteiger partial charge in [-0.2, -0.15) is 0 Å². The largest absolute Gasteiger partial charge is 0.369 e. The predicted molar refractivity (Wildman–Crippen MR) is 147 cm³/mol. The van der Waals surface area contributed by atoms with Crippen molar-refractivity contribution in [3.63, 3.8) is 0 Å². The molecule has 1 amide bonds. The van der Waals surface area contributed by atoms with E-state index in [-0.39, 0.29) is 5.91 Å². The summed E-state index contributed by atoms with van der Waals surface area (Å²) in [6, 6.07) is 22.4. The van der Waals surface area contributed by atoms with E-state index in [1.54, 1.807) is 0 Å². The fourth-order valence-electron chi connectivity index (χ4n) is 4.88. The van der Waals surface area contributed by atoms with Crippen molar-refractivity contribution < 1.29 is 4.79 Å². The molecule has 0 saturated carbocycles. The lowest BCUT2D eigenvalue weighted by Gasteiger charge is -2.43. The van der Waals surface area contributed by atoms with Crippen LogP contribution in [0.15, 0.2) is 79.1 Å². The van der Waals surface area contributed by atoms with Crippen molar-refractivity contribution in [2.45, 2.75) is 32.7 Å². The lowest BCUT2D eigenvalue weighted by molar-refractivity contribution is 0.0611. The minimum Gasteiger partial charge on any atom is -0.369 e. The van der Waals surface area contributed by atoms with Gasteiger partial charge in [0.2, 0.25) is 0 Å². The number of nitrogens with zero attached hydrogens (tertiary/aromatic N) is 4. The number of piperidine rings is 1. The van der Waals surface area contributed by atoms with Crippen LogP contribution in [-0.2, 0) is 0 Å². The van der Waals surface area contributed by atoms with Crippen LogP contribution in [0.1, 0.15) is 48.2 Å².